The minimum Gasteiger partial charge on any atom is -0.368 e. The zero-order valence-electron chi connectivity index (χ0n) is 15.3. The Kier molecular flexibility index (Phi) is 6.24. The van der Waals surface area contributed by atoms with Gasteiger partial charge in [0.05, 0.1) is 12.7 Å². The van der Waals surface area contributed by atoms with Gasteiger partial charge in [0.2, 0.25) is 0 Å². The summed E-state index contributed by atoms with van der Waals surface area (Å²) in [5, 5.41) is 3.38. The van der Waals surface area contributed by atoms with E-state index in [1.165, 1.54) is 5.56 Å². The molecule has 0 bridgehead atoms. The number of nitrogens with one attached hydrogen (secondary N) is 1. The van der Waals surface area contributed by atoms with Crippen molar-refractivity contribution in [3.05, 3.63) is 64.1 Å². The van der Waals surface area contributed by atoms with E-state index in [1.807, 2.05) is 43.3 Å². The summed E-state index contributed by atoms with van der Waals surface area (Å²) >= 11 is 3.45. The molecule has 1 fully saturated rings. The summed E-state index contributed by atoms with van der Waals surface area (Å²) in [6.45, 7) is 6.71. The lowest BCUT2D eigenvalue weighted by Gasteiger charge is -2.34. The fourth-order valence-corrected chi connectivity index (χ4v) is 5.33. The van der Waals surface area contributed by atoms with Crippen LogP contribution in [0.2, 0.25) is 0 Å². The molecule has 1 saturated heterocycles. The molecule has 2 aromatic rings. The lowest BCUT2D eigenvalue weighted by molar-refractivity contribution is 0.0887. The monoisotopic (exact) mass is 437 g/mol. The predicted octanol–water partition coefficient (Wildman–Crippen LogP) is 6.70. The Morgan fingerprint density at radius 3 is 2.27 bits per heavy atom. The van der Waals surface area contributed by atoms with Crippen LogP contribution in [0, 0.1) is 0 Å². The molecule has 6 heteroatoms. The van der Waals surface area contributed by atoms with Crippen LogP contribution >= 0.6 is 23.5 Å². The van der Waals surface area contributed by atoms with Gasteiger partial charge in [0.25, 0.3) is 0 Å². The molecule has 3 atom stereocenters. The zero-order chi connectivity index (χ0) is 18.7. The first-order chi connectivity index (χ1) is 12.4. The molecule has 3 unspecified atom stereocenters. The molecular weight excluding hydrogens is 413 g/mol. The number of halogens is 1. The van der Waals surface area contributed by atoms with E-state index in [-0.39, 0.29) is 6.10 Å². The molecule has 0 radical (unpaired) electrons. The topological polar surface area (TPSA) is 47.6 Å². The number of rotatable bonds is 5. The van der Waals surface area contributed by atoms with Crippen molar-refractivity contribution in [3.8, 4) is 0 Å². The molecule has 0 aliphatic carbocycles. The largest absolute Gasteiger partial charge is 0.368 e. The van der Waals surface area contributed by atoms with Gasteiger partial charge in [-0.25, -0.2) is 0 Å². The van der Waals surface area contributed by atoms with Crippen LogP contribution in [-0.2, 0) is 13.6 Å². The van der Waals surface area contributed by atoms with Crippen molar-refractivity contribution in [3.63, 3.8) is 0 Å². The fraction of sp³-hybridized carbons (Fsp3) is 0.400. The highest BCUT2D eigenvalue weighted by atomic mass is 79.9. The molecule has 0 amide bonds. The predicted molar refractivity (Wildman–Crippen MR) is 110 cm³/mol. The standard InChI is InChI=1S/C20H25BrNO3P/c1-14(2)16-6-10-19(11-7-16)22-20(17-4-8-18(21)9-5-17)26(23)24-13-12-15(3)25-26/h4-11,14-15,20,22H,12-13H2,1-3H3. The lowest BCUT2D eigenvalue weighted by atomic mass is 10.0. The minimum atomic E-state index is -3.34. The second-order valence-corrected chi connectivity index (χ2v) is 9.93. The molecule has 26 heavy (non-hydrogen) atoms. The summed E-state index contributed by atoms with van der Waals surface area (Å²) in [7, 11) is -3.34. The highest BCUT2D eigenvalue weighted by molar-refractivity contribution is 9.10. The third-order valence-electron chi connectivity index (χ3n) is 4.51. The average Bonchev–Trinajstić information content (AvgIpc) is 2.61. The van der Waals surface area contributed by atoms with E-state index in [0.29, 0.717) is 12.5 Å². The molecule has 0 aromatic heterocycles. The molecule has 1 N–H and O–H groups in total. The van der Waals surface area contributed by atoms with Gasteiger partial charge in [0.15, 0.2) is 5.78 Å². The van der Waals surface area contributed by atoms with Crippen LogP contribution in [0.4, 0.5) is 5.69 Å². The summed E-state index contributed by atoms with van der Waals surface area (Å²) in [6.07, 6.45) is 0.665. The van der Waals surface area contributed by atoms with Gasteiger partial charge in [0, 0.05) is 10.2 Å². The van der Waals surface area contributed by atoms with Crippen LogP contribution in [0.5, 0.6) is 0 Å². The highest BCUT2D eigenvalue weighted by Gasteiger charge is 2.41. The highest BCUT2D eigenvalue weighted by Crippen LogP contribution is 2.63. The van der Waals surface area contributed by atoms with E-state index in [9.17, 15) is 4.57 Å². The Morgan fingerprint density at radius 2 is 1.69 bits per heavy atom. The van der Waals surface area contributed by atoms with Gasteiger partial charge in [-0.1, -0.05) is 54.0 Å². The molecule has 4 nitrogen and oxygen atoms in total. The maximum atomic E-state index is 13.5. The Balaban J connectivity index is 1.92. The van der Waals surface area contributed by atoms with E-state index in [0.717, 1.165) is 22.1 Å². The van der Waals surface area contributed by atoms with E-state index >= 15 is 0 Å². The van der Waals surface area contributed by atoms with Crippen molar-refractivity contribution >= 4 is 29.2 Å². The number of hydrogen-bond acceptors (Lipinski definition) is 4. The molecule has 2 aromatic carbocycles. The first-order valence-electron chi connectivity index (χ1n) is 8.92. The maximum Gasteiger partial charge on any atom is 0.357 e. The summed E-state index contributed by atoms with van der Waals surface area (Å²) in [5.41, 5.74) is 3.03. The zero-order valence-corrected chi connectivity index (χ0v) is 17.8. The van der Waals surface area contributed by atoms with Gasteiger partial charge >= 0.3 is 7.60 Å². The molecule has 3 rings (SSSR count). The normalized spacial score (nSPS) is 24.4. The van der Waals surface area contributed by atoms with Crippen LogP contribution in [0.25, 0.3) is 0 Å². The number of hydrogen-bond donors (Lipinski definition) is 1. The third-order valence-corrected chi connectivity index (χ3v) is 7.29. The lowest BCUT2D eigenvalue weighted by Crippen LogP contribution is -2.23. The first kappa shape index (κ1) is 19.6. The molecule has 1 aliphatic heterocycles. The van der Waals surface area contributed by atoms with Crippen molar-refractivity contribution in [1.82, 2.24) is 0 Å². The van der Waals surface area contributed by atoms with Crippen molar-refractivity contribution in [2.24, 2.45) is 0 Å². The van der Waals surface area contributed by atoms with Crippen molar-refractivity contribution in [2.45, 2.75) is 45.0 Å². The molecular formula is C20H25BrNO3P. The maximum absolute atomic E-state index is 13.5. The summed E-state index contributed by atoms with van der Waals surface area (Å²) in [6, 6.07) is 16.0. The summed E-state index contributed by atoms with van der Waals surface area (Å²) < 4.78 is 26.0. The number of benzene rings is 2. The van der Waals surface area contributed by atoms with Gasteiger partial charge in [-0.15, -0.1) is 0 Å². The number of anilines is 1. The molecule has 1 aliphatic rings. The van der Waals surface area contributed by atoms with Gasteiger partial charge < -0.3 is 14.4 Å². The summed E-state index contributed by atoms with van der Waals surface area (Å²) in [4.78, 5) is 0. The van der Waals surface area contributed by atoms with E-state index in [2.05, 4.69) is 47.2 Å². The van der Waals surface area contributed by atoms with E-state index in [1.54, 1.807) is 0 Å². The van der Waals surface area contributed by atoms with E-state index in [4.69, 9.17) is 9.05 Å². The van der Waals surface area contributed by atoms with Gasteiger partial charge in [-0.2, -0.15) is 0 Å². The molecule has 0 saturated carbocycles. The minimum absolute atomic E-state index is 0.0855. The molecule has 1 heterocycles. The van der Waals surface area contributed by atoms with Crippen LogP contribution in [0.15, 0.2) is 53.0 Å². The fourth-order valence-electron chi connectivity index (χ4n) is 2.93. The van der Waals surface area contributed by atoms with Gasteiger partial charge in [0.1, 0.15) is 0 Å². The second kappa shape index (κ2) is 8.26. The quantitative estimate of drug-likeness (QED) is 0.528. The smallest absolute Gasteiger partial charge is 0.357 e. The Bertz CT molecular complexity index is 777. The van der Waals surface area contributed by atoms with Crippen LogP contribution < -0.4 is 5.32 Å². The van der Waals surface area contributed by atoms with Gasteiger partial charge in [-0.05, 0) is 54.7 Å². The third kappa shape index (κ3) is 4.58. The van der Waals surface area contributed by atoms with Crippen molar-refractivity contribution in [1.29, 1.82) is 0 Å². The SMILES string of the molecule is CC1CCOP(=O)(C(Nc2ccc(C(C)C)cc2)c2ccc(Br)cc2)O1. The van der Waals surface area contributed by atoms with E-state index < -0.39 is 13.4 Å². The van der Waals surface area contributed by atoms with Crippen LogP contribution in [0.1, 0.15) is 50.0 Å². The van der Waals surface area contributed by atoms with Gasteiger partial charge in [-0.3, -0.25) is 4.57 Å². The van der Waals surface area contributed by atoms with Crippen LogP contribution in [0.3, 0.4) is 0 Å². The Morgan fingerprint density at radius 1 is 1.08 bits per heavy atom. The molecule has 140 valence electrons. The summed E-state index contributed by atoms with van der Waals surface area (Å²) in [5.74, 6) is -0.0845. The average molecular weight is 438 g/mol. The Hall–Kier alpha value is -1.13. The first-order valence-corrected chi connectivity index (χ1v) is 11.3. The van der Waals surface area contributed by atoms with Crippen molar-refractivity contribution in [2.75, 3.05) is 11.9 Å². The second-order valence-electron chi connectivity index (χ2n) is 6.95. The molecule has 0 spiro atoms. The van der Waals surface area contributed by atoms with Crippen LogP contribution in [-0.4, -0.2) is 12.7 Å². The Labute approximate surface area is 164 Å². The van der Waals surface area contributed by atoms with Crippen molar-refractivity contribution < 1.29 is 13.6 Å².